The molecule has 2 N–H and O–H groups in total. The number of aromatic nitrogens is 2. The summed E-state index contributed by atoms with van der Waals surface area (Å²) < 4.78 is 0. The minimum Gasteiger partial charge on any atom is -0.508 e. The number of pyridine rings is 2. The predicted molar refractivity (Wildman–Crippen MR) is 149 cm³/mol. The molecule has 0 aliphatic rings. The summed E-state index contributed by atoms with van der Waals surface area (Å²) in [6.07, 6.45) is 5.05. The first-order chi connectivity index (χ1) is 18.9. The van der Waals surface area contributed by atoms with Crippen molar-refractivity contribution in [2.45, 2.75) is 13.1 Å². The zero-order chi connectivity index (χ0) is 27.4. The minimum absolute atomic E-state index is 0.0427. The zero-order valence-electron chi connectivity index (χ0n) is 21.2. The number of carbonyl (C=O) groups is 2. The van der Waals surface area contributed by atoms with E-state index in [-0.39, 0.29) is 29.5 Å². The van der Waals surface area contributed by atoms with E-state index in [0.717, 1.165) is 28.1 Å². The Bertz CT molecular complexity index is 1630. The number of fused-ring (bicyclic) bond motifs is 1. The van der Waals surface area contributed by atoms with Gasteiger partial charge in [-0.1, -0.05) is 24.3 Å². The molecule has 2 aromatic heterocycles. The average Bonchev–Trinajstić information content (AvgIpc) is 2.96. The number of nitrogens with zero attached hydrogens (tertiary/aromatic N) is 4. The van der Waals surface area contributed by atoms with Crippen molar-refractivity contribution in [1.82, 2.24) is 14.9 Å². The normalized spacial score (nSPS) is 10.8. The number of benzene rings is 3. The first-order valence-corrected chi connectivity index (χ1v) is 12.3. The van der Waals surface area contributed by atoms with Crippen molar-refractivity contribution in [3.8, 4) is 11.5 Å². The van der Waals surface area contributed by atoms with Gasteiger partial charge in [0.25, 0.3) is 11.8 Å². The summed E-state index contributed by atoms with van der Waals surface area (Å²) >= 11 is 0. The molecule has 39 heavy (non-hydrogen) atoms. The van der Waals surface area contributed by atoms with E-state index in [0.29, 0.717) is 17.8 Å². The third-order valence-corrected chi connectivity index (χ3v) is 6.44. The summed E-state index contributed by atoms with van der Waals surface area (Å²) in [5, 5.41) is 21.0. The van der Waals surface area contributed by atoms with Crippen LogP contribution in [0.1, 0.15) is 31.8 Å². The van der Waals surface area contributed by atoms with Gasteiger partial charge in [0, 0.05) is 54.9 Å². The number of carbonyl (C=O) groups excluding carboxylic acids is 2. The number of rotatable bonds is 7. The van der Waals surface area contributed by atoms with Crippen LogP contribution in [-0.4, -0.2) is 43.9 Å². The van der Waals surface area contributed by atoms with E-state index >= 15 is 0 Å². The van der Waals surface area contributed by atoms with Crippen LogP contribution in [0, 0.1) is 0 Å². The lowest BCUT2D eigenvalue weighted by molar-refractivity contribution is 0.0785. The molecule has 0 atom stereocenters. The van der Waals surface area contributed by atoms with Gasteiger partial charge in [-0.25, -0.2) is 0 Å². The molecule has 0 saturated carbocycles. The Balaban J connectivity index is 1.40. The van der Waals surface area contributed by atoms with Gasteiger partial charge in [0.15, 0.2) is 0 Å². The van der Waals surface area contributed by atoms with Crippen molar-refractivity contribution in [3.05, 3.63) is 126 Å². The predicted octanol–water partition coefficient (Wildman–Crippen LogP) is 5.16. The van der Waals surface area contributed by atoms with Gasteiger partial charge in [0.2, 0.25) is 0 Å². The van der Waals surface area contributed by atoms with Gasteiger partial charge >= 0.3 is 0 Å². The van der Waals surface area contributed by atoms with Gasteiger partial charge in [-0.05, 0) is 65.7 Å². The molecule has 0 fully saturated rings. The number of amides is 2. The fourth-order valence-electron chi connectivity index (χ4n) is 4.43. The molecular weight excluding hydrogens is 492 g/mol. The van der Waals surface area contributed by atoms with Gasteiger partial charge in [0.05, 0.1) is 17.6 Å². The number of phenolic OH excluding ortho intramolecular Hbond substituents is 2. The highest BCUT2D eigenvalue weighted by Gasteiger charge is 2.22. The van der Waals surface area contributed by atoms with Gasteiger partial charge < -0.3 is 20.0 Å². The molecule has 5 aromatic rings. The van der Waals surface area contributed by atoms with E-state index in [9.17, 15) is 19.8 Å². The minimum atomic E-state index is -0.461. The maximum Gasteiger partial charge on any atom is 0.262 e. The molecule has 0 unspecified atom stereocenters. The molecule has 2 amide bonds. The molecular formula is C31H26N4O4. The Morgan fingerprint density at radius 3 is 2.36 bits per heavy atom. The summed E-state index contributed by atoms with van der Waals surface area (Å²) in [6, 6.07) is 24.0. The van der Waals surface area contributed by atoms with Crippen molar-refractivity contribution in [2.24, 2.45) is 0 Å². The third-order valence-electron chi connectivity index (χ3n) is 6.44. The van der Waals surface area contributed by atoms with Crippen LogP contribution in [0.3, 0.4) is 0 Å². The molecule has 0 aliphatic heterocycles. The van der Waals surface area contributed by atoms with E-state index in [2.05, 4.69) is 9.97 Å². The van der Waals surface area contributed by atoms with E-state index in [1.807, 2.05) is 36.4 Å². The Morgan fingerprint density at radius 1 is 0.821 bits per heavy atom. The van der Waals surface area contributed by atoms with Crippen molar-refractivity contribution < 1.29 is 19.8 Å². The lowest BCUT2D eigenvalue weighted by atomic mass is 10.1. The van der Waals surface area contributed by atoms with Crippen molar-refractivity contribution in [1.29, 1.82) is 0 Å². The van der Waals surface area contributed by atoms with Crippen LogP contribution in [0.4, 0.5) is 5.69 Å². The SMILES string of the molecule is CN(Cc1ccnc2ccccc12)C(=O)c1ccc(N(Cc2cccnc2)C(=O)c2ccc(O)cc2O)cc1. The summed E-state index contributed by atoms with van der Waals surface area (Å²) in [5.41, 5.74) is 3.71. The van der Waals surface area contributed by atoms with E-state index in [1.165, 1.54) is 17.0 Å². The second kappa shape index (κ2) is 11.0. The number of phenols is 2. The Morgan fingerprint density at radius 2 is 1.62 bits per heavy atom. The molecule has 0 aliphatic carbocycles. The molecule has 3 aromatic carbocycles. The molecule has 2 heterocycles. The van der Waals surface area contributed by atoms with Crippen molar-refractivity contribution in [3.63, 3.8) is 0 Å². The monoisotopic (exact) mass is 518 g/mol. The Kier molecular flexibility index (Phi) is 7.18. The second-order valence-electron chi connectivity index (χ2n) is 9.15. The molecule has 0 saturated heterocycles. The van der Waals surface area contributed by atoms with Crippen molar-refractivity contribution in [2.75, 3.05) is 11.9 Å². The Hall–Kier alpha value is -5.24. The van der Waals surface area contributed by atoms with E-state index < -0.39 is 5.91 Å². The standard InChI is InChI=1S/C31H26N4O4/c1-34(20-23-14-16-33-28-7-3-2-6-26(23)28)30(38)22-8-10-24(11-9-22)35(19-21-5-4-15-32-18-21)31(39)27-13-12-25(36)17-29(27)37/h2-18,36-37H,19-20H2,1H3. The number of aromatic hydroxyl groups is 2. The van der Waals surface area contributed by atoms with Crippen LogP contribution in [-0.2, 0) is 13.1 Å². The topological polar surface area (TPSA) is 107 Å². The smallest absolute Gasteiger partial charge is 0.262 e. The Labute approximate surface area is 225 Å². The largest absolute Gasteiger partial charge is 0.508 e. The second-order valence-corrected chi connectivity index (χ2v) is 9.15. The zero-order valence-corrected chi connectivity index (χ0v) is 21.2. The van der Waals surface area contributed by atoms with E-state index in [4.69, 9.17) is 0 Å². The van der Waals surface area contributed by atoms with Crippen LogP contribution >= 0.6 is 0 Å². The molecule has 194 valence electrons. The van der Waals surface area contributed by atoms with Gasteiger partial charge in [-0.3, -0.25) is 19.6 Å². The first kappa shape index (κ1) is 25.4. The highest BCUT2D eigenvalue weighted by Crippen LogP contribution is 2.28. The fraction of sp³-hybridized carbons (Fsp3) is 0.0968. The fourth-order valence-corrected chi connectivity index (χ4v) is 4.43. The highest BCUT2D eigenvalue weighted by atomic mass is 16.3. The molecule has 5 rings (SSSR count). The average molecular weight is 519 g/mol. The van der Waals surface area contributed by atoms with Gasteiger partial charge in [-0.2, -0.15) is 0 Å². The van der Waals surface area contributed by atoms with Crippen LogP contribution < -0.4 is 4.90 Å². The van der Waals surface area contributed by atoms with Crippen LogP contribution in [0.5, 0.6) is 11.5 Å². The van der Waals surface area contributed by atoms with Crippen LogP contribution in [0.25, 0.3) is 10.9 Å². The quantitative estimate of drug-likeness (QED) is 0.308. The summed E-state index contributed by atoms with van der Waals surface area (Å²) in [6.45, 7) is 0.602. The number of hydrogen-bond acceptors (Lipinski definition) is 6. The maximum atomic E-state index is 13.5. The highest BCUT2D eigenvalue weighted by molar-refractivity contribution is 6.08. The summed E-state index contributed by atoms with van der Waals surface area (Å²) in [7, 11) is 1.75. The summed E-state index contributed by atoms with van der Waals surface area (Å²) in [4.78, 5) is 38.4. The third kappa shape index (κ3) is 5.55. The number of hydrogen-bond donors (Lipinski definition) is 2. The molecule has 0 radical (unpaired) electrons. The molecule has 8 heteroatoms. The molecule has 8 nitrogen and oxygen atoms in total. The number of para-hydroxylation sites is 1. The van der Waals surface area contributed by atoms with Crippen LogP contribution in [0.15, 0.2) is 104 Å². The van der Waals surface area contributed by atoms with Crippen molar-refractivity contribution >= 4 is 28.4 Å². The molecule has 0 spiro atoms. The molecule has 0 bridgehead atoms. The maximum absolute atomic E-state index is 13.5. The van der Waals surface area contributed by atoms with Gasteiger partial charge in [0.1, 0.15) is 11.5 Å². The van der Waals surface area contributed by atoms with Crippen LogP contribution in [0.2, 0.25) is 0 Å². The lowest BCUT2D eigenvalue weighted by Gasteiger charge is -2.24. The summed E-state index contributed by atoms with van der Waals surface area (Å²) in [5.74, 6) is -1.09. The lowest BCUT2D eigenvalue weighted by Crippen LogP contribution is -2.31. The first-order valence-electron chi connectivity index (χ1n) is 12.3. The van der Waals surface area contributed by atoms with E-state index in [1.54, 1.807) is 60.9 Å². The number of anilines is 1. The van der Waals surface area contributed by atoms with Gasteiger partial charge in [-0.15, -0.1) is 0 Å².